The van der Waals surface area contributed by atoms with Crippen LogP contribution in [0.25, 0.3) is 11.1 Å². The van der Waals surface area contributed by atoms with Crippen LogP contribution in [-0.4, -0.2) is 10.8 Å². The van der Waals surface area contributed by atoms with Gasteiger partial charge in [-0.2, -0.15) is 0 Å². The number of oxazole rings is 1. The van der Waals surface area contributed by atoms with Crippen molar-refractivity contribution in [3.05, 3.63) is 34.3 Å². The van der Waals surface area contributed by atoms with Crippen molar-refractivity contribution in [1.29, 1.82) is 0 Å². The van der Waals surface area contributed by atoms with Crippen molar-refractivity contribution >= 4 is 16.9 Å². The van der Waals surface area contributed by atoms with Crippen molar-refractivity contribution in [1.82, 2.24) is 4.98 Å². The Labute approximate surface area is 97.6 Å². The van der Waals surface area contributed by atoms with Crippen molar-refractivity contribution in [2.24, 2.45) is 5.92 Å². The average molecular weight is 231 g/mol. The molecule has 0 spiro atoms. The maximum Gasteiger partial charge on any atom is 0.417 e. The van der Waals surface area contributed by atoms with Crippen LogP contribution in [0.3, 0.4) is 0 Å². The van der Waals surface area contributed by atoms with Gasteiger partial charge in [0, 0.05) is 11.5 Å². The Balaban J connectivity index is 1.99. The monoisotopic (exact) mass is 231 g/mol. The number of aromatic nitrogens is 1. The number of ketones is 1. The molecular formula is C13H13NO3. The Morgan fingerprint density at radius 2 is 2.06 bits per heavy atom. The fourth-order valence-corrected chi connectivity index (χ4v) is 2.52. The zero-order valence-corrected chi connectivity index (χ0v) is 9.36. The smallest absolute Gasteiger partial charge is 0.408 e. The van der Waals surface area contributed by atoms with Crippen LogP contribution in [0.4, 0.5) is 0 Å². The van der Waals surface area contributed by atoms with Crippen molar-refractivity contribution in [3.63, 3.8) is 0 Å². The molecular weight excluding hydrogens is 218 g/mol. The first kappa shape index (κ1) is 10.3. The zero-order chi connectivity index (χ0) is 11.8. The fraction of sp³-hybridized carbons (Fsp3) is 0.385. The molecule has 0 unspecified atom stereocenters. The van der Waals surface area contributed by atoms with Gasteiger partial charge in [0.2, 0.25) is 0 Å². The molecule has 1 aliphatic carbocycles. The second kappa shape index (κ2) is 3.87. The first-order valence-corrected chi connectivity index (χ1v) is 5.91. The highest BCUT2D eigenvalue weighted by Crippen LogP contribution is 2.28. The van der Waals surface area contributed by atoms with Gasteiger partial charge in [0.1, 0.15) is 0 Å². The van der Waals surface area contributed by atoms with E-state index in [4.69, 9.17) is 4.42 Å². The van der Waals surface area contributed by atoms with E-state index >= 15 is 0 Å². The van der Waals surface area contributed by atoms with E-state index in [2.05, 4.69) is 4.98 Å². The van der Waals surface area contributed by atoms with Gasteiger partial charge in [0.15, 0.2) is 11.4 Å². The standard InChI is InChI=1S/C13H13NO3/c15-12(8-3-1-2-4-8)9-5-6-10-11(7-9)17-13(16)14-10/h5-8H,1-4H2,(H,14,16). The van der Waals surface area contributed by atoms with Gasteiger partial charge in [-0.1, -0.05) is 12.8 Å². The minimum atomic E-state index is -0.481. The van der Waals surface area contributed by atoms with E-state index < -0.39 is 5.76 Å². The normalized spacial score (nSPS) is 16.7. The molecule has 1 aromatic carbocycles. The summed E-state index contributed by atoms with van der Waals surface area (Å²) >= 11 is 0. The molecule has 0 radical (unpaired) electrons. The highest BCUT2D eigenvalue weighted by atomic mass is 16.4. The highest BCUT2D eigenvalue weighted by Gasteiger charge is 2.24. The minimum absolute atomic E-state index is 0.151. The first-order chi connectivity index (χ1) is 8.24. The first-order valence-electron chi connectivity index (χ1n) is 5.91. The second-order valence-electron chi connectivity index (χ2n) is 4.57. The number of carbonyl (C=O) groups excluding carboxylic acids is 1. The summed E-state index contributed by atoms with van der Waals surface area (Å²) in [6, 6.07) is 5.14. The van der Waals surface area contributed by atoms with Crippen molar-refractivity contribution < 1.29 is 9.21 Å². The number of aromatic amines is 1. The fourth-order valence-electron chi connectivity index (χ4n) is 2.52. The Bertz CT molecular complexity index is 617. The van der Waals surface area contributed by atoms with Crippen molar-refractivity contribution in [2.45, 2.75) is 25.7 Å². The summed E-state index contributed by atoms with van der Waals surface area (Å²) < 4.78 is 4.96. The second-order valence-corrected chi connectivity index (χ2v) is 4.57. The third-order valence-corrected chi connectivity index (χ3v) is 3.43. The lowest BCUT2D eigenvalue weighted by Gasteiger charge is -2.07. The topological polar surface area (TPSA) is 63.1 Å². The van der Waals surface area contributed by atoms with Crippen LogP contribution >= 0.6 is 0 Å². The minimum Gasteiger partial charge on any atom is -0.408 e. The molecule has 88 valence electrons. The number of Topliss-reactive ketones (excluding diaryl/α,β-unsaturated/α-hetero) is 1. The Kier molecular flexibility index (Phi) is 2.35. The molecule has 0 amide bonds. The molecule has 4 nitrogen and oxygen atoms in total. The lowest BCUT2D eigenvalue weighted by Crippen LogP contribution is -2.10. The third kappa shape index (κ3) is 1.79. The van der Waals surface area contributed by atoms with E-state index in [9.17, 15) is 9.59 Å². The predicted octanol–water partition coefficient (Wildman–Crippen LogP) is 2.49. The average Bonchev–Trinajstić information content (AvgIpc) is 2.94. The maximum atomic E-state index is 12.2. The number of hydrogen-bond acceptors (Lipinski definition) is 3. The Morgan fingerprint density at radius 3 is 2.82 bits per heavy atom. The molecule has 1 N–H and O–H groups in total. The maximum absolute atomic E-state index is 12.2. The number of nitrogens with one attached hydrogen (secondary N) is 1. The molecule has 0 saturated heterocycles. The van der Waals surface area contributed by atoms with E-state index in [1.165, 1.54) is 0 Å². The van der Waals surface area contributed by atoms with Gasteiger partial charge in [0.05, 0.1) is 5.52 Å². The van der Waals surface area contributed by atoms with Crippen LogP contribution in [0.5, 0.6) is 0 Å². The Hall–Kier alpha value is -1.84. The van der Waals surface area contributed by atoms with Crippen LogP contribution in [0.2, 0.25) is 0 Å². The van der Waals surface area contributed by atoms with Crippen LogP contribution < -0.4 is 5.76 Å². The number of benzene rings is 1. The summed E-state index contributed by atoms with van der Waals surface area (Å²) in [5.74, 6) is -0.156. The largest absolute Gasteiger partial charge is 0.417 e. The lowest BCUT2D eigenvalue weighted by atomic mass is 9.96. The molecule has 17 heavy (non-hydrogen) atoms. The van der Waals surface area contributed by atoms with E-state index in [1.54, 1.807) is 18.2 Å². The van der Waals surface area contributed by atoms with E-state index in [0.717, 1.165) is 25.7 Å². The van der Waals surface area contributed by atoms with E-state index in [-0.39, 0.29) is 11.7 Å². The summed E-state index contributed by atoms with van der Waals surface area (Å²) in [6.07, 6.45) is 4.23. The van der Waals surface area contributed by atoms with Crippen LogP contribution in [-0.2, 0) is 0 Å². The molecule has 1 aromatic heterocycles. The van der Waals surface area contributed by atoms with Gasteiger partial charge in [-0.25, -0.2) is 4.79 Å². The summed E-state index contributed by atoms with van der Waals surface area (Å²) in [5.41, 5.74) is 1.74. The van der Waals surface area contributed by atoms with E-state index in [1.807, 2.05) is 0 Å². The molecule has 0 aliphatic heterocycles. The Morgan fingerprint density at radius 1 is 1.29 bits per heavy atom. The van der Waals surface area contributed by atoms with Crippen LogP contribution in [0, 0.1) is 5.92 Å². The van der Waals surface area contributed by atoms with Crippen LogP contribution in [0.15, 0.2) is 27.4 Å². The number of hydrogen-bond donors (Lipinski definition) is 1. The van der Waals surface area contributed by atoms with Gasteiger partial charge in [-0.3, -0.25) is 9.78 Å². The van der Waals surface area contributed by atoms with Gasteiger partial charge in [0.25, 0.3) is 0 Å². The van der Waals surface area contributed by atoms with Crippen LogP contribution in [0.1, 0.15) is 36.0 Å². The molecule has 2 aromatic rings. The zero-order valence-electron chi connectivity index (χ0n) is 9.36. The van der Waals surface area contributed by atoms with Gasteiger partial charge in [-0.15, -0.1) is 0 Å². The van der Waals surface area contributed by atoms with Crippen molar-refractivity contribution in [3.8, 4) is 0 Å². The molecule has 0 bridgehead atoms. The summed E-state index contributed by atoms with van der Waals surface area (Å²) in [7, 11) is 0. The number of H-pyrrole nitrogens is 1. The summed E-state index contributed by atoms with van der Waals surface area (Å²) in [6.45, 7) is 0. The molecule has 1 aliphatic rings. The highest BCUT2D eigenvalue weighted by molar-refractivity contribution is 6.00. The predicted molar refractivity (Wildman–Crippen MR) is 63.1 cm³/mol. The lowest BCUT2D eigenvalue weighted by molar-refractivity contribution is 0.0923. The van der Waals surface area contributed by atoms with Gasteiger partial charge in [-0.05, 0) is 31.0 Å². The molecule has 0 atom stereocenters. The quantitative estimate of drug-likeness (QED) is 0.807. The van der Waals surface area contributed by atoms with Gasteiger partial charge < -0.3 is 4.42 Å². The van der Waals surface area contributed by atoms with Gasteiger partial charge >= 0.3 is 5.76 Å². The molecule has 4 heteroatoms. The SMILES string of the molecule is O=C(c1ccc2[nH]c(=O)oc2c1)C1CCCC1. The number of rotatable bonds is 2. The molecule has 1 heterocycles. The van der Waals surface area contributed by atoms with Crippen molar-refractivity contribution in [2.75, 3.05) is 0 Å². The van der Waals surface area contributed by atoms with E-state index in [0.29, 0.717) is 16.7 Å². The number of carbonyl (C=O) groups is 1. The summed E-state index contributed by atoms with van der Waals surface area (Å²) in [4.78, 5) is 25.7. The molecule has 1 saturated carbocycles. The third-order valence-electron chi connectivity index (χ3n) is 3.43. The molecule has 1 fully saturated rings. The number of fused-ring (bicyclic) bond motifs is 1. The molecule has 3 rings (SSSR count). The summed E-state index contributed by atoms with van der Waals surface area (Å²) in [5, 5.41) is 0.